The maximum absolute atomic E-state index is 13.5. The van der Waals surface area contributed by atoms with Crippen LogP contribution in [0.1, 0.15) is 11.3 Å². The van der Waals surface area contributed by atoms with Gasteiger partial charge in [-0.05, 0) is 34.5 Å². The molecule has 6 aromatic rings. The van der Waals surface area contributed by atoms with E-state index in [-0.39, 0.29) is 18.1 Å². The Labute approximate surface area is 188 Å². The minimum absolute atomic E-state index is 0.124. The third-order valence-electron chi connectivity index (χ3n) is 5.91. The van der Waals surface area contributed by atoms with E-state index in [4.69, 9.17) is 5.73 Å². The number of fused-ring (bicyclic) bond motifs is 3. The molecule has 160 valence electrons. The molecular weight excluding hydrogens is 412 g/mol. The van der Waals surface area contributed by atoms with Crippen LogP contribution in [0.4, 0.5) is 5.95 Å². The molecule has 0 aliphatic rings. The Bertz CT molecular complexity index is 1720. The standard InChI is InChI=1S/C26H20N6O/c27-26-30-24-23(25(33)32(26)15-21-12-11-19-6-3-4-8-22(19)29-21)31(16-28-24)14-17-9-10-18-5-1-2-7-20(18)13-17/h1-13,16H,14-15H2,(H2,27,30). The molecule has 0 spiro atoms. The van der Waals surface area contributed by atoms with E-state index in [1.54, 1.807) is 6.33 Å². The summed E-state index contributed by atoms with van der Waals surface area (Å²) in [5, 5.41) is 3.38. The average molecular weight is 432 g/mol. The molecular formula is C26H20N6O. The molecule has 2 N–H and O–H groups in total. The number of nitrogen functional groups attached to an aromatic ring is 1. The van der Waals surface area contributed by atoms with Crippen LogP contribution >= 0.6 is 0 Å². The lowest BCUT2D eigenvalue weighted by atomic mass is 10.1. The number of anilines is 1. The lowest BCUT2D eigenvalue weighted by molar-refractivity contribution is 0.734. The average Bonchev–Trinajstić information content (AvgIpc) is 3.23. The minimum Gasteiger partial charge on any atom is -0.369 e. The van der Waals surface area contributed by atoms with Crippen LogP contribution in [-0.4, -0.2) is 24.1 Å². The number of pyridine rings is 1. The van der Waals surface area contributed by atoms with Crippen molar-refractivity contribution in [2.45, 2.75) is 13.1 Å². The second-order valence-electron chi connectivity index (χ2n) is 8.08. The Kier molecular flexibility index (Phi) is 4.40. The topological polar surface area (TPSA) is 91.6 Å². The number of nitrogens with two attached hydrogens (primary N) is 1. The highest BCUT2D eigenvalue weighted by Crippen LogP contribution is 2.18. The molecule has 0 saturated carbocycles. The smallest absolute Gasteiger partial charge is 0.281 e. The molecule has 0 amide bonds. The Morgan fingerprint density at radius 3 is 2.42 bits per heavy atom. The molecule has 33 heavy (non-hydrogen) atoms. The Balaban J connectivity index is 1.40. The van der Waals surface area contributed by atoms with E-state index in [0.717, 1.165) is 27.5 Å². The third kappa shape index (κ3) is 3.40. The summed E-state index contributed by atoms with van der Waals surface area (Å²) in [7, 11) is 0. The second-order valence-corrected chi connectivity index (χ2v) is 8.08. The van der Waals surface area contributed by atoms with Gasteiger partial charge in [0.15, 0.2) is 11.2 Å². The fraction of sp³-hybridized carbons (Fsp3) is 0.0769. The monoisotopic (exact) mass is 432 g/mol. The summed E-state index contributed by atoms with van der Waals surface area (Å²) in [5.74, 6) is 0.124. The summed E-state index contributed by atoms with van der Waals surface area (Å²) in [5.41, 5.74) is 9.38. The van der Waals surface area contributed by atoms with Crippen LogP contribution in [0.3, 0.4) is 0 Å². The van der Waals surface area contributed by atoms with Crippen molar-refractivity contribution >= 4 is 38.8 Å². The van der Waals surface area contributed by atoms with Crippen LogP contribution in [0.25, 0.3) is 32.8 Å². The molecule has 0 unspecified atom stereocenters. The van der Waals surface area contributed by atoms with Crippen molar-refractivity contribution in [2.75, 3.05) is 5.73 Å². The lowest BCUT2D eigenvalue weighted by Gasteiger charge is -2.11. The summed E-state index contributed by atoms with van der Waals surface area (Å²) >= 11 is 0. The number of aromatic nitrogens is 5. The first-order valence-corrected chi connectivity index (χ1v) is 10.7. The summed E-state index contributed by atoms with van der Waals surface area (Å²) < 4.78 is 3.29. The van der Waals surface area contributed by atoms with Gasteiger partial charge in [-0.25, -0.2) is 4.98 Å². The van der Waals surface area contributed by atoms with Crippen LogP contribution < -0.4 is 11.3 Å². The van der Waals surface area contributed by atoms with Crippen LogP contribution in [0, 0.1) is 0 Å². The van der Waals surface area contributed by atoms with Crippen molar-refractivity contribution in [2.24, 2.45) is 0 Å². The van der Waals surface area contributed by atoms with E-state index in [1.165, 1.54) is 9.95 Å². The molecule has 0 atom stereocenters. The van der Waals surface area contributed by atoms with Gasteiger partial charge in [-0.1, -0.05) is 60.7 Å². The highest BCUT2D eigenvalue weighted by Gasteiger charge is 2.15. The first-order chi connectivity index (χ1) is 16.2. The SMILES string of the molecule is Nc1nc2ncn(Cc3ccc4ccccc4c3)c2c(=O)n1Cc1ccc2ccccc2n1. The predicted molar refractivity (Wildman–Crippen MR) is 130 cm³/mol. The minimum atomic E-state index is -0.231. The van der Waals surface area contributed by atoms with E-state index >= 15 is 0 Å². The van der Waals surface area contributed by atoms with Crippen LogP contribution in [-0.2, 0) is 13.1 Å². The number of benzene rings is 3. The van der Waals surface area contributed by atoms with Gasteiger partial charge < -0.3 is 10.3 Å². The number of hydrogen-bond acceptors (Lipinski definition) is 5. The van der Waals surface area contributed by atoms with Gasteiger partial charge in [-0.2, -0.15) is 4.98 Å². The highest BCUT2D eigenvalue weighted by molar-refractivity contribution is 5.83. The Morgan fingerprint density at radius 1 is 0.788 bits per heavy atom. The number of nitrogens with zero attached hydrogens (tertiary/aromatic N) is 5. The van der Waals surface area contributed by atoms with Gasteiger partial charge in [0.25, 0.3) is 5.56 Å². The first kappa shape index (κ1) is 19.2. The molecule has 3 aromatic heterocycles. The van der Waals surface area contributed by atoms with Crippen molar-refractivity contribution in [3.8, 4) is 0 Å². The van der Waals surface area contributed by atoms with E-state index in [9.17, 15) is 4.79 Å². The quantitative estimate of drug-likeness (QED) is 0.455. The highest BCUT2D eigenvalue weighted by atomic mass is 16.1. The largest absolute Gasteiger partial charge is 0.369 e. The molecule has 3 heterocycles. The van der Waals surface area contributed by atoms with Crippen LogP contribution in [0.15, 0.2) is 90.0 Å². The zero-order valence-corrected chi connectivity index (χ0v) is 17.7. The molecule has 3 aromatic carbocycles. The fourth-order valence-electron chi connectivity index (χ4n) is 4.24. The van der Waals surface area contributed by atoms with Crippen molar-refractivity contribution in [3.05, 3.63) is 107 Å². The second kappa shape index (κ2) is 7.56. The molecule has 0 fully saturated rings. The number of para-hydroxylation sites is 1. The van der Waals surface area contributed by atoms with Crippen molar-refractivity contribution < 1.29 is 0 Å². The van der Waals surface area contributed by atoms with Gasteiger partial charge in [-0.3, -0.25) is 14.3 Å². The van der Waals surface area contributed by atoms with Gasteiger partial charge >= 0.3 is 0 Å². The zero-order valence-electron chi connectivity index (χ0n) is 17.7. The van der Waals surface area contributed by atoms with E-state index in [2.05, 4.69) is 45.3 Å². The van der Waals surface area contributed by atoms with Gasteiger partial charge in [0, 0.05) is 11.9 Å². The van der Waals surface area contributed by atoms with Gasteiger partial charge in [0.2, 0.25) is 5.95 Å². The molecule has 6 rings (SSSR count). The van der Waals surface area contributed by atoms with Gasteiger partial charge in [0.1, 0.15) is 0 Å². The van der Waals surface area contributed by atoms with Crippen molar-refractivity contribution in [3.63, 3.8) is 0 Å². The maximum Gasteiger partial charge on any atom is 0.281 e. The number of hydrogen-bond donors (Lipinski definition) is 1. The molecule has 0 bridgehead atoms. The third-order valence-corrected chi connectivity index (χ3v) is 5.91. The molecule has 0 aliphatic carbocycles. The zero-order chi connectivity index (χ0) is 22.4. The molecule has 7 heteroatoms. The Hall–Kier alpha value is -4.52. The summed E-state index contributed by atoms with van der Waals surface area (Å²) in [4.78, 5) is 26.8. The Morgan fingerprint density at radius 2 is 1.55 bits per heavy atom. The molecule has 0 radical (unpaired) electrons. The lowest BCUT2D eigenvalue weighted by Crippen LogP contribution is -2.27. The number of rotatable bonds is 4. The van der Waals surface area contributed by atoms with Crippen LogP contribution in [0.5, 0.6) is 0 Å². The molecule has 7 nitrogen and oxygen atoms in total. The maximum atomic E-state index is 13.5. The van der Waals surface area contributed by atoms with Gasteiger partial charge in [0.05, 0.1) is 24.1 Å². The normalized spacial score (nSPS) is 11.5. The van der Waals surface area contributed by atoms with Crippen molar-refractivity contribution in [1.82, 2.24) is 24.1 Å². The summed E-state index contributed by atoms with van der Waals surface area (Å²) in [6.45, 7) is 0.746. The van der Waals surface area contributed by atoms with Gasteiger partial charge in [-0.15, -0.1) is 0 Å². The summed E-state index contributed by atoms with van der Waals surface area (Å²) in [6.07, 6.45) is 1.65. The summed E-state index contributed by atoms with van der Waals surface area (Å²) in [6, 6.07) is 26.3. The van der Waals surface area contributed by atoms with E-state index in [1.807, 2.05) is 53.1 Å². The van der Waals surface area contributed by atoms with E-state index < -0.39 is 0 Å². The van der Waals surface area contributed by atoms with E-state index in [0.29, 0.717) is 17.7 Å². The van der Waals surface area contributed by atoms with Crippen molar-refractivity contribution in [1.29, 1.82) is 0 Å². The number of imidazole rings is 1. The fourth-order valence-corrected chi connectivity index (χ4v) is 4.24. The molecule has 0 aliphatic heterocycles. The first-order valence-electron chi connectivity index (χ1n) is 10.7. The van der Waals surface area contributed by atoms with Crippen LogP contribution in [0.2, 0.25) is 0 Å². The predicted octanol–water partition coefficient (Wildman–Crippen LogP) is 3.97. The molecule has 0 saturated heterocycles.